The summed E-state index contributed by atoms with van der Waals surface area (Å²) in [6, 6.07) is 12.0. The Morgan fingerprint density at radius 1 is 0.862 bits per heavy atom. The van der Waals surface area contributed by atoms with Crippen molar-refractivity contribution in [2.75, 3.05) is 24.9 Å². The number of nitrogens with zero attached hydrogens (tertiary/aromatic N) is 2. The second kappa shape index (κ2) is 8.83. The number of methoxy groups -OCH3 is 2. The van der Waals surface area contributed by atoms with E-state index in [0.717, 1.165) is 0 Å². The Morgan fingerprint density at radius 2 is 1.59 bits per heavy atom. The summed E-state index contributed by atoms with van der Waals surface area (Å²) in [4.78, 5) is 32.2. The first kappa shape index (κ1) is 19.8. The van der Waals surface area contributed by atoms with Crippen molar-refractivity contribution < 1.29 is 19.1 Å². The van der Waals surface area contributed by atoms with Gasteiger partial charge in [-0.1, -0.05) is 12.1 Å². The van der Waals surface area contributed by atoms with E-state index in [1.807, 2.05) is 0 Å². The fraction of sp³-hybridized carbons (Fsp3) is 0.143. The van der Waals surface area contributed by atoms with Crippen molar-refractivity contribution in [1.29, 1.82) is 0 Å². The summed E-state index contributed by atoms with van der Waals surface area (Å²) in [6.45, 7) is 1.47. The normalized spacial score (nSPS) is 10.2. The Balaban J connectivity index is 1.69. The molecule has 0 bridgehead atoms. The molecular weight excluding hydrogens is 372 g/mol. The topological polar surface area (TPSA) is 102 Å². The fourth-order valence-electron chi connectivity index (χ4n) is 2.57. The first-order valence-electron chi connectivity index (χ1n) is 8.73. The van der Waals surface area contributed by atoms with Crippen molar-refractivity contribution in [2.24, 2.45) is 0 Å². The number of hydrogen-bond acceptors (Lipinski definition) is 7. The van der Waals surface area contributed by atoms with Crippen LogP contribution in [0.2, 0.25) is 0 Å². The lowest BCUT2D eigenvalue weighted by molar-refractivity contribution is 0.101. The van der Waals surface area contributed by atoms with Gasteiger partial charge in [-0.3, -0.25) is 9.59 Å². The number of ether oxygens (including phenoxy) is 2. The first-order valence-corrected chi connectivity index (χ1v) is 8.73. The fourth-order valence-corrected chi connectivity index (χ4v) is 2.57. The molecule has 2 N–H and O–H groups in total. The summed E-state index contributed by atoms with van der Waals surface area (Å²) in [5.74, 6) is 1.06. The third-order valence-electron chi connectivity index (χ3n) is 4.08. The van der Waals surface area contributed by atoms with Crippen LogP contribution in [0.4, 0.5) is 17.3 Å². The van der Waals surface area contributed by atoms with E-state index in [-0.39, 0.29) is 17.3 Å². The Bertz CT molecular complexity index is 1040. The van der Waals surface area contributed by atoms with Gasteiger partial charge < -0.3 is 20.1 Å². The van der Waals surface area contributed by atoms with Crippen molar-refractivity contribution in [3.63, 3.8) is 0 Å². The number of aromatic nitrogens is 2. The molecule has 1 aromatic heterocycles. The highest BCUT2D eigenvalue weighted by Crippen LogP contribution is 2.30. The molecule has 0 aliphatic carbocycles. The first-order chi connectivity index (χ1) is 14.0. The molecule has 0 saturated carbocycles. The molecule has 0 aliphatic heterocycles. The lowest BCUT2D eigenvalue weighted by Crippen LogP contribution is -2.13. The second-order valence-corrected chi connectivity index (χ2v) is 6.08. The predicted molar refractivity (Wildman–Crippen MR) is 109 cm³/mol. The summed E-state index contributed by atoms with van der Waals surface area (Å²) in [5.41, 5.74) is 2.04. The molecule has 0 saturated heterocycles. The zero-order chi connectivity index (χ0) is 20.8. The van der Waals surface area contributed by atoms with Gasteiger partial charge in [-0.05, 0) is 31.2 Å². The Hall–Kier alpha value is -3.94. The zero-order valence-corrected chi connectivity index (χ0v) is 16.2. The molecule has 0 spiro atoms. The summed E-state index contributed by atoms with van der Waals surface area (Å²) < 4.78 is 10.5. The Kier molecular flexibility index (Phi) is 6.03. The molecule has 1 heterocycles. The van der Waals surface area contributed by atoms with Crippen molar-refractivity contribution >= 4 is 29.0 Å². The number of amides is 1. The lowest BCUT2D eigenvalue weighted by Gasteiger charge is -2.10. The van der Waals surface area contributed by atoms with Gasteiger partial charge >= 0.3 is 0 Å². The largest absolute Gasteiger partial charge is 0.493 e. The molecule has 3 aromatic rings. The molecule has 8 heteroatoms. The predicted octanol–water partition coefficient (Wildman–Crippen LogP) is 3.69. The summed E-state index contributed by atoms with van der Waals surface area (Å²) >= 11 is 0. The second-order valence-electron chi connectivity index (χ2n) is 6.08. The highest BCUT2D eigenvalue weighted by Gasteiger charge is 2.10. The van der Waals surface area contributed by atoms with Gasteiger partial charge in [-0.25, -0.2) is 9.97 Å². The molecule has 0 fully saturated rings. The molecule has 148 valence electrons. The average Bonchev–Trinajstić information content (AvgIpc) is 2.74. The van der Waals surface area contributed by atoms with Crippen molar-refractivity contribution in [3.8, 4) is 11.5 Å². The van der Waals surface area contributed by atoms with Crippen LogP contribution in [-0.2, 0) is 0 Å². The van der Waals surface area contributed by atoms with Crippen LogP contribution in [0.1, 0.15) is 27.6 Å². The summed E-state index contributed by atoms with van der Waals surface area (Å²) in [5, 5.41) is 5.77. The Morgan fingerprint density at radius 3 is 2.24 bits per heavy atom. The highest BCUT2D eigenvalue weighted by atomic mass is 16.5. The molecule has 3 rings (SSSR count). The number of rotatable bonds is 7. The molecule has 2 aromatic carbocycles. The van der Waals surface area contributed by atoms with E-state index < -0.39 is 0 Å². The van der Waals surface area contributed by atoms with Crippen LogP contribution in [0.3, 0.4) is 0 Å². The SMILES string of the molecule is COc1ccc(Nc2ncc(C(=O)Nc3cccc(C(C)=O)c3)cn2)cc1OC. The molecule has 29 heavy (non-hydrogen) atoms. The van der Waals surface area contributed by atoms with Gasteiger partial charge in [-0.15, -0.1) is 0 Å². The van der Waals surface area contributed by atoms with E-state index in [9.17, 15) is 9.59 Å². The minimum Gasteiger partial charge on any atom is -0.493 e. The van der Waals surface area contributed by atoms with E-state index in [2.05, 4.69) is 20.6 Å². The van der Waals surface area contributed by atoms with E-state index in [1.54, 1.807) is 56.7 Å². The van der Waals surface area contributed by atoms with Crippen LogP contribution < -0.4 is 20.1 Å². The van der Waals surface area contributed by atoms with Gasteiger partial charge in [0.15, 0.2) is 17.3 Å². The van der Waals surface area contributed by atoms with Crippen molar-refractivity contribution in [2.45, 2.75) is 6.92 Å². The minimum absolute atomic E-state index is 0.0741. The number of carbonyl (C=O) groups excluding carboxylic acids is 2. The number of hydrogen-bond donors (Lipinski definition) is 2. The number of Topliss-reactive ketones (excluding diaryl/α,β-unsaturated/α-hetero) is 1. The van der Waals surface area contributed by atoms with E-state index in [1.165, 1.54) is 19.3 Å². The van der Waals surface area contributed by atoms with E-state index in [0.29, 0.717) is 34.4 Å². The molecule has 8 nitrogen and oxygen atoms in total. The van der Waals surface area contributed by atoms with Gasteiger partial charge in [0.2, 0.25) is 5.95 Å². The van der Waals surface area contributed by atoms with Gasteiger partial charge in [-0.2, -0.15) is 0 Å². The van der Waals surface area contributed by atoms with Crippen LogP contribution in [0.5, 0.6) is 11.5 Å². The summed E-state index contributed by atoms with van der Waals surface area (Å²) in [7, 11) is 3.12. The van der Waals surface area contributed by atoms with Crippen LogP contribution in [0.25, 0.3) is 0 Å². The van der Waals surface area contributed by atoms with E-state index in [4.69, 9.17) is 9.47 Å². The zero-order valence-electron chi connectivity index (χ0n) is 16.2. The van der Waals surface area contributed by atoms with E-state index >= 15 is 0 Å². The molecule has 0 radical (unpaired) electrons. The van der Waals surface area contributed by atoms with Crippen LogP contribution >= 0.6 is 0 Å². The average molecular weight is 392 g/mol. The van der Waals surface area contributed by atoms with Crippen LogP contribution in [-0.4, -0.2) is 35.9 Å². The number of benzene rings is 2. The monoisotopic (exact) mass is 392 g/mol. The maximum absolute atomic E-state index is 12.4. The molecular formula is C21H20N4O4. The van der Waals surface area contributed by atoms with Gasteiger partial charge in [0.1, 0.15) is 0 Å². The highest BCUT2D eigenvalue weighted by molar-refractivity contribution is 6.04. The smallest absolute Gasteiger partial charge is 0.258 e. The molecule has 0 aliphatic rings. The third-order valence-corrected chi connectivity index (χ3v) is 4.08. The van der Waals surface area contributed by atoms with Crippen LogP contribution in [0.15, 0.2) is 54.9 Å². The van der Waals surface area contributed by atoms with Crippen molar-refractivity contribution in [3.05, 3.63) is 66.0 Å². The number of nitrogens with one attached hydrogen (secondary N) is 2. The lowest BCUT2D eigenvalue weighted by atomic mass is 10.1. The minimum atomic E-state index is -0.372. The van der Waals surface area contributed by atoms with Crippen molar-refractivity contribution in [1.82, 2.24) is 9.97 Å². The van der Waals surface area contributed by atoms with Crippen LogP contribution in [0, 0.1) is 0 Å². The summed E-state index contributed by atoms with van der Waals surface area (Å²) in [6.07, 6.45) is 2.83. The number of ketones is 1. The maximum atomic E-state index is 12.4. The number of carbonyl (C=O) groups is 2. The van der Waals surface area contributed by atoms with Gasteiger partial charge in [0.25, 0.3) is 5.91 Å². The molecule has 0 atom stereocenters. The standard InChI is InChI=1S/C21H20N4O4/c1-13(26)14-5-4-6-16(9-14)24-20(27)15-11-22-21(23-12-15)25-17-7-8-18(28-2)19(10-17)29-3/h4-12H,1-3H3,(H,24,27)(H,22,23,25). The Labute approximate surface area is 167 Å². The molecule has 0 unspecified atom stereocenters. The quantitative estimate of drug-likeness (QED) is 0.591. The molecule has 1 amide bonds. The van der Waals surface area contributed by atoms with Gasteiger partial charge in [0, 0.05) is 35.4 Å². The number of anilines is 3. The third kappa shape index (κ3) is 4.86. The van der Waals surface area contributed by atoms with Gasteiger partial charge in [0.05, 0.1) is 19.8 Å². The maximum Gasteiger partial charge on any atom is 0.258 e.